The van der Waals surface area contributed by atoms with Crippen LogP contribution in [-0.2, 0) is 19.6 Å². The maximum atomic E-state index is 12.3. The summed E-state index contributed by atoms with van der Waals surface area (Å²) in [7, 11) is -3.76. The van der Waals surface area contributed by atoms with E-state index in [9.17, 15) is 18.0 Å². The average molecular weight is 384 g/mol. The van der Waals surface area contributed by atoms with Crippen LogP contribution in [0.3, 0.4) is 0 Å². The van der Waals surface area contributed by atoms with Gasteiger partial charge in [0, 0.05) is 19.1 Å². The SMILES string of the molecule is C=CCN(CC=C)C(=O)COC(=O)c1sccc1S(=O)(=O)NC1CC1. The minimum absolute atomic E-state index is 0.0417. The molecule has 136 valence electrons. The summed E-state index contributed by atoms with van der Waals surface area (Å²) in [5.74, 6) is -1.25. The maximum Gasteiger partial charge on any atom is 0.350 e. The monoisotopic (exact) mass is 384 g/mol. The van der Waals surface area contributed by atoms with Gasteiger partial charge in [-0.3, -0.25) is 4.79 Å². The van der Waals surface area contributed by atoms with Crippen LogP contribution in [-0.4, -0.2) is 50.9 Å². The number of rotatable bonds is 10. The summed E-state index contributed by atoms with van der Waals surface area (Å²) in [4.78, 5) is 25.5. The van der Waals surface area contributed by atoms with Gasteiger partial charge in [-0.2, -0.15) is 0 Å². The van der Waals surface area contributed by atoms with Crippen molar-refractivity contribution in [1.82, 2.24) is 9.62 Å². The van der Waals surface area contributed by atoms with Crippen molar-refractivity contribution in [2.45, 2.75) is 23.8 Å². The van der Waals surface area contributed by atoms with E-state index < -0.39 is 28.5 Å². The fourth-order valence-electron chi connectivity index (χ4n) is 2.02. The van der Waals surface area contributed by atoms with Gasteiger partial charge >= 0.3 is 5.97 Å². The predicted molar refractivity (Wildman–Crippen MR) is 94.9 cm³/mol. The number of sulfonamides is 1. The summed E-state index contributed by atoms with van der Waals surface area (Å²) in [6.45, 7) is 7.24. The average Bonchev–Trinajstić information content (AvgIpc) is 3.21. The molecule has 0 radical (unpaired) electrons. The molecule has 1 aliphatic carbocycles. The zero-order valence-corrected chi connectivity index (χ0v) is 15.3. The van der Waals surface area contributed by atoms with Crippen molar-refractivity contribution >= 4 is 33.2 Å². The Kier molecular flexibility index (Phi) is 6.51. The molecule has 2 rings (SSSR count). The molecule has 25 heavy (non-hydrogen) atoms. The molecule has 0 bridgehead atoms. The molecule has 0 unspecified atom stereocenters. The summed E-state index contributed by atoms with van der Waals surface area (Å²) in [6, 6.07) is 1.29. The van der Waals surface area contributed by atoms with Gasteiger partial charge in [-0.25, -0.2) is 17.9 Å². The third kappa shape index (κ3) is 5.25. The summed E-state index contributed by atoms with van der Waals surface area (Å²) >= 11 is 0.962. The van der Waals surface area contributed by atoms with Crippen molar-refractivity contribution in [3.05, 3.63) is 41.6 Å². The van der Waals surface area contributed by atoms with Crippen LogP contribution in [0.5, 0.6) is 0 Å². The Morgan fingerprint density at radius 2 is 1.96 bits per heavy atom. The minimum Gasteiger partial charge on any atom is -0.451 e. The van der Waals surface area contributed by atoms with E-state index in [-0.39, 0.29) is 15.8 Å². The van der Waals surface area contributed by atoms with Crippen molar-refractivity contribution in [1.29, 1.82) is 0 Å². The number of carbonyl (C=O) groups is 2. The molecule has 9 heteroatoms. The van der Waals surface area contributed by atoms with Crippen LogP contribution in [0.2, 0.25) is 0 Å². The Morgan fingerprint density at radius 1 is 1.32 bits per heavy atom. The van der Waals surface area contributed by atoms with Gasteiger partial charge in [0.2, 0.25) is 10.0 Å². The fourth-order valence-corrected chi connectivity index (χ4v) is 4.63. The zero-order valence-electron chi connectivity index (χ0n) is 13.6. The quantitative estimate of drug-likeness (QED) is 0.488. The lowest BCUT2D eigenvalue weighted by atomic mass is 10.4. The lowest BCUT2D eigenvalue weighted by Gasteiger charge is -2.18. The summed E-state index contributed by atoms with van der Waals surface area (Å²) in [5, 5.41) is 1.50. The van der Waals surface area contributed by atoms with Crippen molar-refractivity contribution in [3.63, 3.8) is 0 Å². The first-order valence-electron chi connectivity index (χ1n) is 7.65. The van der Waals surface area contributed by atoms with E-state index >= 15 is 0 Å². The molecule has 0 aromatic carbocycles. The van der Waals surface area contributed by atoms with Crippen molar-refractivity contribution in [2.75, 3.05) is 19.7 Å². The molecule has 0 spiro atoms. The van der Waals surface area contributed by atoms with Gasteiger partial charge in [-0.15, -0.1) is 24.5 Å². The Labute approximate surface area is 151 Å². The number of carbonyl (C=O) groups excluding carboxylic acids is 2. The van der Waals surface area contributed by atoms with Gasteiger partial charge in [0.25, 0.3) is 5.91 Å². The molecule has 1 aromatic heterocycles. The molecule has 1 aromatic rings. The minimum atomic E-state index is -3.76. The second-order valence-electron chi connectivity index (χ2n) is 5.46. The number of amides is 1. The second-order valence-corrected chi connectivity index (χ2v) is 8.06. The molecule has 1 N–H and O–H groups in total. The number of hydrogen-bond donors (Lipinski definition) is 1. The zero-order chi connectivity index (χ0) is 18.4. The molecule has 1 amide bonds. The van der Waals surface area contributed by atoms with Crippen LogP contribution in [0, 0.1) is 0 Å². The van der Waals surface area contributed by atoms with Crippen molar-refractivity contribution in [3.8, 4) is 0 Å². The highest BCUT2D eigenvalue weighted by atomic mass is 32.2. The van der Waals surface area contributed by atoms with E-state index in [1.807, 2.05) is 0 Å². The van der Waals surface area contributed by atoms with E-state index in [4.69, 9.17) is 4.74 Å². The molecule has 0 saturated heterocycles. The van der Waals surface area contributed by atoms with Gasteiger partial charge in [0.05, 0.1) is 0 Å². The first kappa shape index (κ1) is 19.4. The molecule has 1 heterocycles. The third-order valence-electron chi connectivity index (χ3n) is 3.38. The molecule has 7 nitrogen and oxygen atoms in total. The van der Waals surface area contributed by atoms with E-state index in [0.29, 0.717) is 13.1 Å². The fraction of sp³-hybridized carbons (Fsp3) is 0.375. The molecular formula is C16H20N2O5S2. The highest BCUT2D eigenvalue weighted by Gasteiger charge is 2.31. The van der Waals surface area contributed by atoms with Gasteiger partial charge in [0.1, 0.15) is 9.77 Å². The number of hydrogen-bond acceptors (Lipinski definition) is 6. The van der Waals surface area contributed by atoms with Gasteiger partial charge < -0.3 is 9.64 Å². The lowest BCUT2D eigenvalue weighted by molar-refractivity contribution is -0.133. The summed E-state index contributed by atoms with van der Waals surface area (Å²) in [5.41, 5.74) is 0. The number of thiophene rings is 1. The first-order chi connectivity index (χ1) is 11.9. The van der Waals surface area contributed by atoms with Gasteiger partial charge in [-0.05, 0) is 24.3 Å². The second kappa shape index (κ2) is 8.41. The molecule has 0 aliphatic heterocycles. The highest BCUT2D eigenvalue weighted by molar-refractivity contribution is 7.89. The van der Waals surface area contributed by atoms with Crippen molar-refractivity contribution in [2.24, 2.45) is 0 Å². The van der Waals surface area contributed by atoms with Crippen molar-refractivity contribution < 1.29 is 22.7 Å². The van der Waals surface area contributed by atoms with Crippen LogP contribution in [0.1, 0.15) is 22.5 Å². The Morgan fingerprint density at radius 3 is 2.52 bits per heavy atom. The topological polar surface area (TPSA) is 92.8 Å². The summed E-state index contributed by atoms with van der Waals surface area (Å²) < 4.78 is 32.1. The smallest absolute Gasteiger partial charge is 0.350 e. The number of ether oxygens (including phenoxy) is 1. The van der Waals surface area contributed by atoms with E-state index in [1.54, 1.807) is 12.2 Å². The summed E-state index contributed by atoms with van der Waals surface area (Å²) in [6.07, 6.45) is 4.69. The van der Waals surface area contributed by atoms with E-state index in [2.05, 4.69) is 17.9 Å². The lowest BCUT2D eigenvalue weighted by Crippen LogP contribution is -2.35. The van der Waals surface area contributed by atoms with Gasteiger partial charge in [-0.1, -0.05) is 12.2 Å². The maximum absolute atomic E-state index is 12.3. The van der Waals surface area contributed by atoms with Gasteiger partial charge in [0.15, 0.2) is 6.61 Å². The Balaban J connectivity index is 2.02. The van der Waals surface area contributed by atoms with Crippen LogP contribution < -0.4 is 4.72 Å². The molecule has 1 saturated carbocycles. The predicted octanol–water partition coefficient (Wildman–Crippen LogP) is 1.55. The molecular weight excluding hydrogens is 364 g/mol. The standard InChI is InChI=1S/C16H20N2O5S2/c1-3-8-18(9-4-2)14(19)11-23-16(20)15-13(7-10-24-15)25(21,22)17-12-5-6-12/h3-4,7,10,12,17H,1-2,5-6,8-9,11H2. The van der Waals surface area contributed by atoms with Crippen LogP contribution in [0.4, 0.5) is 0 Å². The Hall–Kier alpha value is -1.97. The Bertz CT molecular complexity index is 755. The van der Waals surface area contributed by atoms with Crippen LogP contribution in [0.25, 0.3) is 0 Å². The number of nitrogens with one attached hydrogen (secondary N) is 1. The first-order valence-corrected chi connectivity index (χ1v) is 10.0. The van der Waals surface area contributed by atoms with E-state index in [1.165, 1.54) is 16.3 Å². The number of esters is 1. The largest absolute Gasteiger partial charge is 0.451 e. The normalized spacial score (nSPS) is 13.9. The molecule has 1 aliphatic rings. The third-order valence-corrected chi connectivity index (χ3v) is 5.97. The van der Waals surface area contributed by atoms with Crippen LogP contribution in [0.15, 0.2) is 41.7 Å². The van der Waals surface area contributed by atoms with E-state index in [0.717, 1.165) is 24.2 Å². The molecule has 1 fully saturated rings. The molecule has 0 atom stereocenters. The van der Waals surface area contributed by atoms with Crippen LogP contribution >= 0.6 is 11.3 Å². The number of nitrogens with zero attached hydrogens (tertiary/aromatic N) is 1. The highest BCUT2D eigenvalue weighted by Crippen LogP contribution is 2.26.